The summed E-state index contributed by atoms with van der Waals surface area (Å²) < 4.78 is 12.5. The molecule has 8 heteroatoms. The topological polar surface area (TPSA) is 59.9 Å². The second kappa shape index (κ2) is 10.5. The number of aliphatic imine (C=N–C) groups is 1. The summed E-state index contributed by atoms with van der Waals surface area (Å²) in [5.41, 5.74) is 3.45. The largest absolute Gasteiger partial charge is 0.493 e. The van der Waals surface area contributed by atoms with Gasteiger partial charge in [-0.15, -0.1) is 0 Å². The zero-order valence-electron chi connectivity index (χ0n) is 17.9. The molecule has 0 atom stereocenters. The highest BCUT2D eigenvalue weighted by Crippen LogP contribution is 2.33. The number of nitrogens with one attached hydrogen (secondary N) is 1. The Balaban J connectivity index is 1.50. The molecule has 0 aliphatic carbocycles. The van der Waals surface area contributed by atoms with Crippen LogP contribution < -0.4 is 14.8 Å². The molecule has 3 aromatic rings. The smallest absolute Gasteiger partial charge is 0.264 e. The van der Waals surface area contributed by atoms with Crippen LogP contribution in [0.1, 0.15) is 16.7 Å². The van der Waals surface area contributed by atoms with E-state index in [0.717, 1.165) is 26.9 Å². The Kier molecular flexibility index (Phi) is 7.42. The van der Waals surface area contributed by atoms with Gasteiger partial charge in [-0.05, 0) is 77.9 Å². The summed E-state index contributed by atoms with van der Waals surface area (Å²) in [6, 6.07) is 19.0. The lowest BCUT2D eigenvalue weighted by Crippen LogP contribution is -2.19. The molecule has 0 unspecified atom stereocenters. The van der Waals surface area contributed by atoms with Gasteiger partial charge in [-0.2, -0.15) is 0 Å². The van der Waals surface area contributed by atoms with Crippen molar-refractivity contribution in [2.45, 2.75) is 13.5 Å². The molecule has 33 heavy (non-hydrogen) atoms. The molecule has 1 amide bonds. The fourth-order valence-electron chi connectivity index (χ4n) is 3.09. The predicted octanol–water partition coefficient (Wildman–Crippen LogP) is 6.89. The number of methoxy groups -OCH3 is 1. The monoisotopic (exact) mass is 542 g/mol. The number of amides is 1. The number of halogens is 2. The average Bonchev–Trinajstić information content (AvgIpc) is 3.15. The van der Waals surface area contributed by atoms with Crippen LogP contribution in [0.15, 0.2) is 75.0 Å². The fraction of sp³-hybridized carbons (Fsp3) is 0.120. The maximum absolute atomic E-state index is 12.5. The number of hydrogen-bond acceptors (Lipinski definition) is 5. The maximum atomic E-state index is 12.5. The first-order valence-electron chi connectivity index (χ1n) is 10.0. The number of thioether (sulfide) groups is 1. The maximum Gasteiger partial charge on any atom is 0.264 e. The third-order valence-electron chi connectivity index (χ3n) is 4.91. The Morgan fingerprint density at radius 3 is 2.67 bits per heavy atom. The first-order chi connectivity index (χ1) is 15.9. The Hall–Kier alpha value is -2.74. The highest BCUT2D eigenvalue weighted by atomic mass is 79.9. The van der Waals surface area contributed by atoms with E-state index in [1.54, 1.807) is 13.2 Å². The molecular formula is C25H20BrClN2O3S. The van der Waals surface area contributed by atoms with E-state index >= 15 is 0 Å². The molecular weight excluding hydrogens is 524 g/mol. The summed E-state index contributed by atoms with van der Waals surface area (Å²) in [4.78, 5) is 17.6. The molecule has 1 aliphatic heterocycles. The Bertz CT molecular complexity index is 1260. The normalized spacial score (nSPS) is 15.7. The van der Waals surface area contributed by atoms with Crippen LogP contribution in [-0.4, -0.2) is 18.2 Å². The second-order valence-electron chi connectivity index (χ2n) is 7.19. The summed E-state index contributed by atoms with van der Waals surface area (Å²) in [7, 11) is 1.59. The summed E-state index contributed by atoms with van der Waals surface area (Å²) in [5.74, 6) is 1.02. The number of carbonyl (C=O) groups is 1. The molecule has 0 aromatic heterocycles. The zero-order valence-corrected chi connectivity index (χ0v) is 21.1. The first-order valence-corrected chi connectivity index (χ1v) is 12.0. The molecule has 1 heterocycles. The van der Waals surface area contributed by atoms with Gasteiger partial charge in [0.1, 0.15) is 6.61 Å². The van der Waals surface area contributed by atoms with E-state index in [1.807, 2.05) is 67.6 Å². The van der Waals surface area contributed by atoms with Crippen LogP contribution in [0.4, 0.5) is 5.69 Å². The van der Waals surface area contributed by atoms with Crippen LogP contribution in [0.2, 0.25) is 5.02 Å². The van der Waals surface area contributed by atoms with E-state index in [9.17, 15) is 4.79 Å². The fourth-order valence-corrected chi connectivity index (χ4v) is 4.36. The molecule has 1 N–H and O–H groups in total. The van der Waals surface area contributed by atoms with Gasteiger partial charge >= 0.3 is 0 Å². The number of hydrogen-bond donors (Lipinski definition) is 1. The van der Waals surface area contributed by atoms with Gasteiger partial charge in [0.05, 0.1) is 17.7 Å². The third-order valence-corrected chi connectivity index (χ3v) is 6.75. The van der Waals surface area contributed by atoms with Gasteiger partial charge in [-0.25, -0.2) is 4.99 Å². The quantitative estimate of drug-likeness (QED) is 0.344. The van der Waals surface area contributed by atoms with Crippen molar-refractivity contribution in [1.29, 1.82) is 0 Å². The number of rotatable bonds is 6. The van der Waals surface area contributed by atoms with Crippen LogP contribution in [-0.2, 0) is 11.4 Å². The number of nitrogens with zero attached hydrogens (tertiary/aromatic N) is 1. The number of benzene rings is 3. The van der Waals surface area contributed by atoms with E-state index in [2.05, 4.69) is 26.2 Å². The van der Waals surface area contributed by atoms with Crippen molar-refractivity contribution < 1.29 is 14.3 Å². The van der Waals surface area contributed by atoms with E-state index in [1.165, 1.54) is 11.8 Å². The number of ether oxygens (including phenoxy) is 2. The van der Waals surface area contributed by atoms with Gasteiger partial charge in [0, 0.05) is 9.50 Å². The first kappa shape index (κ1) is 23.4. The SMILES string of the molecule is COc1cc(/C=C2\SC(=Nc3cccc(Cl)c3C)NC2=O)ccc1OCc1ccc(Br)cc1. The van der Waals surface area contributed by atoms with Crippen molar-refractivity contribution in [3.63, 3.8) is 0 Å². The molecule has 0 bridgehead atoms. The molecule has 1 fully saturated rings. The van der Waals surface area contributed by atoms with Gasteiger partial charge in [0.2, 0.25) is 0 Å². The summed E-state index contributed by atoms with van der Waals surface area (Å²) in [6.07, 6.45) is 1.80. The molecule has 3 aromatic carbocycles. The molecule has 5 nitrogen and oxygen atoms in total. The summed E-state index contributed by atoms with van der Waals surface area (Å²) in [6.45, 7) is 2.32. The average molecular weight is 544 g/mol. The summed E-state index contributed by atoms with van der Waals surface area (Å²) >= 11 is 10.9. The lowest BCUT2D eigenvalue weighted by Gasteiger charge is -2.11. The van der Waals surface area contributed by atoms with E-state index in [0.29, 0.717) is 33.2 Å². The minimum Gasteiger partial charge on any atom is -0.493 e. The van der Waals surface area contributed by atoms with Crippen molar-refractivity contribution in [2.24, 2.45) is 4.99 Å². The second-order valence-corrected chi connectivity index (χ2v) is 9.54. The highest BCUT2D eigenvalue weighted by molar-refractivity contribution is 9.10. The van der Waals surface area contributed by atoms with Crippen LogP contribution in [0, 0.1) is 6.92 Å². The lowest BCUT2D eigenvalue weighted by molar-refractivity contribution is -0.115. The van der Waals surface area contributed by atoms with E-state index in [4.69, 9.17) is 21.1 Å². The highest BCUT2D eigenvalue weighted by Gasteiger charge is 2.24. The van der Waals surface area contributed by atoms with E-state index < -0.39 is 0 Å². The van der Waals surface area contributed by atoms with Crippen LogP contribution in [0.5, 0.6) is 11.5 Å². The predicted molar refractivity (Wildman–Crippen MR) is 138 cm³/mol. The number of amidine groups is 1. The van der Waals surface area contributed by atoms with Crippen molar-refractivity contribution in [3.05, 3.63) is 91.8 Å². The zero-order chi connectivity index (χ0) is 23.4. The Morgan fingerprint density at radius 1 is 1.12 bits per heavy atom. The lowest BCUT2D eigenvalue weighted by atomic mass is 10.2. The van der Waals surface area contributed by atoms with Gasteiger partial charge < -0.3 is 14.8 Å². The molecule has 1 saturated heterocycles. The molecule has 4 rings (SSSR count). The third kappa shape index (κ3) is 5.79. The van der Waals surface area contributed by atoms with Crippen molar-refractivity contribution >= 4 is 62.1 Å². The standard InChI is InChI=1S/C25H20BrClN2O3S/c1-15-19(27)4-3-5-20(15)28-25-29-24(30)23(33-25)13-17-8-11-21(22(12-17)31-2)32-14-16-6-9-18(26)10-7-16/h3-13H,14H2,1-2H3,(H,28,29,30)/b23-13-. The van der Waals surface area contributed by atoms with Crippen LogP contribution in [0.25, 0.3) is 6.08 Å². The minimum absolute atomic E-state index is 0.201. The summed E-state index contributed by atoms with van der Waals surface area (Å²) in [5, 5.41) is 3.95. The molecule has 0 spiro atoms. The molecule has 168 valence electrons. The van der Waals surface area contributed by atoms with Gasteiger partial charge in [-0.1, -0.05) is 51.8 Å². The van der Waals surface area contributed by atoms with Gasteiger partial charge in [-0.3, -0.25) is 4.79 Å². The van der Waals surface area contributed by atoms with Crippen molar-refractivity contribution in [2.75, 3.05) is 7.11 Å². The molecule has 1 aliphatic rings. The van der Waals surface area contributed by atoms with Crippen LogP contribution in [0.3, 0.4) is 0 Å². The van der Waals surface area contributed by atoms with Crippen molar-refractivity contribution in [3.8, 4) is 11.5 Å². The minimum atomic E-state index is -0.201. The van der Waals surface area contributed by atoms with Crippen molar-refractivity contribution in [1.82, 2.24) is 5.32 Å². The molecule has 0 radical (unpaired) electrons. The Labute approximate surface area is 210 Å². The van der Waals surface area contributed by atoms with E-state index in [-0.39, 0.29) is 5.91 Å². The Morgan fingerprint density at radius 2 is 1.91 bits per heavy atom. The van der Waals surface area contributed by atoms with Gasteiger partial charge in [0.25, 0.3) is 5.91 Å². The number of carbonyl (C=O) groups excluding carboxylic acids is 1. The van der Waals surface area contributed by atoms with Crippen LogP contribution >= 0.6 is 39.3 Å². The molecule has 0 saturated carbocycles. The van der Waals surface area contributed by atoms with Gasteiger partial charge in [0.15, 0.2) is 16.7 Å².